The number of pyridine rings is 1. The van der Waals surface area contributed by atoms with Gasteiger partial charge in [-0.3, -0.25) is 0 Å². The van der Waals surface area contributed by atoms with Crippen LogP contribution in [0.2, 0.25) is 0 Å². The number of rotatable bonds is 2. The Morgan fingerprint density at radius 3 is 2.67 bits per heavy atom. The maximum atomic E-state index is 13.5. The maximum absolute atomic E-state index is 13.5. The Morgan fingerprint density at radius 1 is 1.12 bits per heavy atom. The van der Waals surface area contributed by atoms with E-state index in [1.54, 1.807) is 6.20 Å². The molecule has 1 fully saturated rings. The van der Waals surface area contributed by atoms with E-state index < -0.39 is 11.6 Å². The first-order valence-corrected chi connectivity index (χ1v) is 7.92. The molecule has 1 aliphatic heterocycles. The normalized spacial score (nSPS) is 16.0. The van der Waals surface area contributed by atoms with Crippen LogP contribution in [0.4, 0.5) is 14.6 Å². The quantitative estimate of drug-likeness (QED) is 0.758. The molecule has 0 spiro atoms. The van der Waals surface area contributed by atoms with Gasteiger partial charge in [0.05, 0.1) is 5.52 Å². The monoisotopic (exact) mass is 329 g/mol. The number of fused-ring (bicyclic) bond motifs is 1. The smallest absolute Gasteiger partial charge is 0.159 e. The lowest BCUT2D eigenvalue weighted by atomic mass is 10.1. The summed E-state index contributed by atoms with van der Waals surface area (Å²) < 4.78 is 26.6. The Labute approximate surface area is 137 Å². The van der Waals surface area contributed by atoms with Crippen molar-refractivity contribution in [3.05, 3.63) is 42.1 Å². The van der Waals surface area contributed by atoms with Crippen LogP contribution in [0, 0.1) is 11.6 Å². The molecule has 0 aliphatic carbocycles. The molecular weight excluding hydrogens is 312 g/mol. The first-order chi connectivity index (χ1) is 11.6. The number of hydrogen-bond donors (Lipinski definition) is 2. The van der Waals surface area contributed by atoms with E-state index in [1.807, 2.05) is 6.07 Å². The average molecular weight is 329 g/mol. The van der Waals surface area contributed by atoms with E-state index >= 15 is 0 Å². The molecule has 0 unspecified atom stereocenters. The van der Waals surface area contributed by atoms with E-state index in [2.05, 4.69) is 19.9 Å². The number of halogens is 2. The Morgan fingerprint density at radius 2 is 1.92 bits per heavy atom. The summed E-state index contributed by atoms with van der Waals surface area (Å²) in [7, 11) is 0. The van der Waals surface area contributed by atoms with Crippen molar-refractivity contribution in [1.82, 2.24) is 15.0 Å². The molecule has 0 radical (unpaired) electrons. The number of H-pyrrole nitrogens is 1. The van der Waals surface area contributed by atoms with Gasteiger partial charge in [0, 0.05) is 30.9 Å². The molecule has 24 heavy (non-hydrogen) atoms. The number of aromatic amines is 1. The van der Waals surface area contributed by atoms with Crippen LogP contribution in [-0.2, 0) is 0 Å². The summed E-state index contributed by atoms with van der Waals surface area (Å²) in [5.41, 5.74) is 8.00. The predicted molar refractivity (Wildman–Crippen MR) is 88.7 cm³/mol. The van der Waals surface area contributed by atoms with Crippen LogP contribution in [0.25, 0.3) is 22.4 Å². The molecule has 7 heteroatoms. The molecule has 2 aromatic heterocycles. The van der Waals surface area contributed by atoms with Gasteiger partial charge in [-0.1, -0.05) is 0 Å². The van der Waals surface area contributed by atoms with E-state index in [4.69, 9.17) is 5.73 Å². The number of benzene rings is 1. The van der Waals surface area contributed by atoms with Crippen molar-refractivity contribution in [2.24, 2.45) is 5.73 Å². The standard InChI is InChI=1S/C17H17F2N5/c18-12-2-1-10(9-13(12)19)16-22-14-3-6-21-17(15(14)23-16)24-7-4-11(20)5-8-24/h1-3,6,9,11H,4-5,7-8,20H2,(H,22,23). The fraction of sp³-hybridized carbons (Fsp3) is 0.294. The average Bonchev–Trinajstić information content (AvgIpc) is 3.02. The second kappa shape index (κ2) is 5.83. The first-order valence-electron chi connectivity index (χ1n) is 7.92. The van der Waals surface area contributed by atoms with Gasteiger partial charge in [-0.15, -0.1) is 0 Å². The van der Waals surface area contributed by atoms with Gasteiger partial charge in [0.15, 0.2) is 17.5 Å². The van der Waals surface area contributed by atoms with E-state index in [1.165, 1.54) is 6.07 Å². The van der Waals surface area contributed by atoms with Crippen LogP contribution in [-0.4, -0.2) is 34.1 Å². The summed E-state index contributed by atoms with van der Waals surface area (Å²) in [5.74, 6) is -0.477. The number of nitrogens with one attached hydrogen (secondary N) is 1. The highest BCUT2D eigenvalue weighted by Gasteiger charge is 2.21. The van der Waals surface area contributed by atoms with Crippen molar-refractivity contribution < 1.29 is 8.78 Å². The van der Waals surface area contributed by atoms with Crippen LogP contribution in [0.15, 0.2) is 30.5 Å². The summed E-state index contributed by atoms with van der Waals surface area (Å²) in [5, 5.41) is 0. The van der Waals surface area contributed by atoms with Crippen molar-refractivity contribution in [1.29, 1.82) is 0 Å². The molecule has 0 amide bonds. The summed E-state index contributed by atoms with van der Waals surface area (Å²) >= 11 is 0. The molecule has 0 bridgehead atoms. The van der Waals surface area contributed by atoms with Gasteiger partial charge < -0.3 is 15.6 Å². The number of nitrogens with zero attached hydrogens (tertiary/aromatic N) is 3. The molecule has 1 aliphatic rings. The van der Waals surface area contributed by atoms with Crippen LogP contribution < -0.4 is 10.6 Å². The van der Waals surface area contributed by atoms with Crippen LogP contribution in [0.1, 0.15) is 12.8 Å². The van der Waals surface area contributed by atoms with Crippen LogP contribution >= 0.6 is 0 Å². The number of imidazole rings is 1. The van der Waals surface area contributed by atoms with Gasteiger partial charge >= 0.3 is 0 Å². The highest BCUT2D eigenvalue weighted by Crippen LogP contribution is 2.28. The third-order valence-electron chi connectivity index (χ3n) is 4.41. The first kappa shape index (κ1) is 15.0. The number of anilines is 1. The topological polar surface area (TPSA) is 70.8 Å². The Kier molecular flexibility index (Phi) is 3.65. The van der Waals surface area contributed by atoms with Gasteiger partial charge in [-0.2, -0.15) is 0 Å². The molecule has 1 saturated heterocycles. The fourth-order valence-corrected chi connectivity index (χ4v) is 3.04. The minimum Gasteiger partial charge on any atom is -0.355 e. The van der Waals surface area contributed by atoms with Gasteiger partial charge in [-0.05, 0) is 37.1 Å². The highest BCUT2D eigenvalue weighted by molar-refractivity contribution is 5.88. The van der Waals surface area contributed by atoms with E-state index in [-0.39, 0.29) is 6.04 Å². The molecule has 3 N–H and O–H groups in total. The molecule has 124 valence electrons. The van der Waals surface area contributed by atoms with E-state index in [0.717, 1.165) is 54.9 Å². The van der Waals surface area contributed by atoms with Crippen molar-refractivity contribution >= 4 is 16.9 Å². The molecule has 0 atom stereocenters. The van der Waals surface area contributed by atoms with Crippen molar-refractivity contribution in [3.63, 3.8) is 0 Å². The summed E-state index contributed by atoms with van der Waals surface area (Å²) in [6, 6.07) is 5.80. The molecule has 3 heterocycles. The molecule has 3 aromatic rings. The van der Waals surface area contributed by atoms with Crippen molar-refractivity contribution in [2.75, 3.05) is 18.0 Å². The Bertz CT molecular complexity index is 884. The third kappa shape index (κ3) is 2.60. The van der Waals surface area contributed by atoms with Crippen LogP contribution in [0.3, 0.4) is 0 Å². The lowest BCUT2D eigenvalue weighted by molar-refractivity contribution is 0.499. The number of hydrogen-bond acceptors (Lipinski definition) is 4. The SMILES string of the molecule is NC1CCN(c2nccc3[nH]c(-c4ccc(F)c(F)c4)nc23)CC1. The highest BCUT2D eigenvalue weighted by atomic mass is 19.2. The zero-order valence-corrected chi connectivity index (χ0v) is 13.0. The van der Waals surface area contributed by atoms with E-state index in [0.29, 0.717) is 11.4 Å². The zero-order chi connectivity index (χ0) is 16.7. The number of nitrogens with two attached hydrogens (primary N) is 1. The van der Waals surface area contributed by atoms with Crippen LogP contribution in [0.5, 0.6) is 0 Å². The minimum absolute atomic E-state index is 0.234. The van der Waals surface area contributed by atoms with Gasteiger partial charge in [0.2, 0.25) is 0 Å². The summed E-state index contributed by atoms with van der Waals surface area (Å²) in [4.78, 5) is 14.4. The number of aromatic nitrogens is 3. The predicted octanol–water partition coefficient (Wildman–Crippen LogP) is 2.83. The molecule has 5 nitrogen and oxygen atoms in total. The van der Waals surface area contributed by atoms with Crippen molar-refractivity contribution in [2.45, 2.75) is 18.9 Å². The maximum Gasteiger partial charge on any atom is 0.159 e. The van der Waals surface area contributed by atoms with Crippen molar-refractivity contribution in [3.8, 4) is 11.4 Å². The van der Waals surface area contributed by atoms with Gasteiger partial charge in [-0.25, -0.2) is 18.7 Å². The Hall–Kier alpha value is -2.54. The lowest BCUT2D eigenvalue weighted by Crippen LogP contribution is -2.40. The molecular formula is C17H17F2N5. The van der Waals surface area contributed by atoms with E-state index in [9.17, 15) is 8.78 Å². The van der Waals surface area contributed by atoms with Gasteiger partial charge in [0.25, 0.3) is 0 Å². The largest absolute Gasteiger partial charge is 0.355 e. The minimum atomic E-state index is -0.892. The molecule has 1 aromatic carbocycles. The lowest BCUT2D eigenvalue weighted by Gasteiger charge is -2.31. The second-order valence-corrected chi connectivity index (χ2v) is 6.07. The second-order valence-electron chi connectivity index (χ2n) is 6.07. The zero-order valence-electron chi connectivity index (χ0n) is 13.0. The molecule has 4 rings (SSSR count). The number of piperidine rings is 1. The summed E-state index contributed by atoms with van der Waals surface area (Å²) in [6.07, 6.45) is 3.55. The Balaban J connectivity index is 1.75. The third-order valence-corrected chi connectivity index (χ3v) is 4.41. The fourth-order valence-electron chi connectivity index (χ4n) is 3.04. The van der Waals surface area contributed by atoms with Gasteiger partial charge in [0.1, 0.15) is 11.3 Å². The molecule has 0 saturated carbocycles. The summed E-state index contributed by atoms with van der Waals surface area (Å²) in [6.45, 7) is 1.67.